The Labute approximate surface area is 349 Å². The highest BCUT2D eigenvalue weighted by atomic mass is 79.9. The average Bonchev–Trinajstić information content (AvgIpc) is 3.61. The Kier molecular flexibility index (Phi) is 19.3. The minimum Gasteiger partial charge on any atom is -0.458 e. The quantitative estimate of drug-likeness (QED) is 0.0895. The molecule has 6 amide bonds. The molecule has 1 aliphatic carbocycles. The molecular formula is C41H61BrN6O10. The van der Waals surface area contributed by atoms with Crippen molar-refractivity contribution in [3.05, 3.63) is 34.3 Å². The number of hydrogen-bond acceptors (Lipinski definition) is 10. The third-order valence-electron chi connectivity index (χ3n) is 10.1. The zero-order chi connectivity index (χ0) is 43.0. The Balaban J connectivity index is 1.81. The number of ether oxygens (including phenoxy) is 2. The fraction of sp³-hybridized carbons (Fsp3) is 0.659. The van der Waals surface area contributed by atoms with Gasteiger partial charge in [-0.2, -0.15) is 0 Å². The summed E-state index contributed by atoms with van der Waals surface area (Å²) in [4.78, 5) is 107. The van der Waals surface area contributed by atoms with Gasteiger partial charge < -0.3 is 41.4 Å². The van der Waals surface area contributed by atoms with Crippen molar-refractivity contribution in [2.75, 3.05) is 19.7 Å². The lowest BCUT2D eigenvalue weighted by molar-refractivity contribution is -0.162. The summed E-state index contributed by atoms with van der Waals surface area (Å²) in [5, 5.41) is 10.3. The van der Waals surface area contributed by atoms with Gasteiger partial charge in [-0.15, -0.1) is 0 Å². The number of nitrogens with two attached hydrogens (primary N) is 1. The fourth-order valence-corrected chi connectivity index (χ4v) is 7.44. The first-order chi connectivity index (χ1) is 27.4. The Morgan fingerprint density at radius 3 is 2.16 bits per heavy atom. The summed E-state index contributed by atoms with van der Waals surface area (Å²) in [7, 11) is 0. The number of carbonyl (C=O) groups is 8. The van der Waals surface area contributed by atoms with E-state index in [1.807, 2.05) is 31.2 Å². The molecule has 0 radical (unpaired) electrons. The van der Waals surface area contributed by atoms with E-state index in [2.05, 4.69) is 37.2 Å². The first kappa shape index (κ1) is 48.0. The summed E-state index contributed by atoms with van der Waals surface area (Å²) >= 11 is 3.40. The summed E-state index contributed by atoms with van der Waals surface area (Å²) in [6.45, 7) is 7.70. The van der Waals surface area contributed by atoms with Crippen molar-refractivity contribution in [1.82, 2.24) is 26.2 Å². The van der Waals surface area contributed by atoms with Crippen molar-refractivity contribution in [2.24, 2.45) is 11.7 Å². The first-order valence-corrected chi connectivity index (χ1v) is 21.1. The van der Waals surface area contributed by atoms with Crippen LogP contribution in [-0.4, -0.2) is 108 Å². The molecule has 4 unspecified atom stereocenters. The van der Waals surface area contributed by atoms with Gasteiger partial charge in [-0.1, -0.05) is 80.4 Å². The van der Waals surface area contributed by atoms with Crippen LogP contribution in [0.5, 0.6) is 0 Å². The minimum atomic E-state index is -1.30. The molecule has 0 aromatic heterocycles. The second-order valence-electron chi connectivity index (χ2n) is 16.1. The molecule has 6 N–H and O–H groups in total. The van der Waals surface area contributed by atoms with Crippen LogP contribution >= 0.6 is 15.9 Å². The van der Waals surface area contributed by atoms with E-state index >= 15 is 0 Å². The van der Waals surface area contributed by atoms with Crippen LogP contribution in [0.2, 0.25) is 0 Å². The van der Waals surface area contributed by atoms with E-state index in [-0.39, 0.29) is 37.6 Å². The molecule has 1 aromatic rings. The number of hydrogen-bond donors (Lipinski definition) is 5. The van der Waals surface area contributed by atoms with Gasteiger partial charge in [0.1, 0.15) is 30.3 Å². The predicted octanol–water partition coefficient (Wildman–Crippen LogP) is 2.52. The molecule has 322 valence electrons. The Morgan fingerprint density at radius 2 is 1.55 bits per heavy atom. The molecule has 1 heterocycles. The lowest BCUT2D eigenvalue weighted by Crippen LogP contribution is -2.58. The van der Waals surface area contributed by atoms with Gasteiger partial charge in [-0.05, 0) is 70.1 Å². The largest absolute Gasteiger partial charge is 0.458 e. The van der Waals surface area contributed by atoms with Gasteiger partial charge in [0.15, 0.2) is 0 Å². The summed E-state index contributed by atoms with van der Waals surface area (Å²) in [6.07, 6.45) is 5.55. The Morgan fingerprint density at radius 1 is 0.879 bits per heavy atom. The first-order valence-electron chi connectivity index (χ1n) is 20.3. The monoisotopic (exact) mass is 876 g/mol. The van der Waals surface area contributed by atoms with Gasteiger partial charge in [0, 0.05) is 17.4 Å². The number of likely N-dealkylation sites (tertiary alicyclic amines) is 1. The molecule has 16 nitrogen and oxygen atoms in total. The lowest BCUT2D eigenvalue weighted by atomic mass is 9.83. The normalized spacial score (nSPS) is 18.6. The van der Waals surface area contributed by atoms with E-state index in [9.17, 15) is 38.4 Å². The van der Waals surface area contributed by atoms with E-state index in [0.717, 1.165) is 35.7 Å². The van der Waals surface area contributed by atoms with Crippen molar-refractivity contribution in [3.63, 3.8) is 0 Å². The van der Waals surface area contributed by atoms with Gasteiger partial charge in [0.2, 0.25) is 35.3 Å². The number of nitrogens with zero attached hydrogens (tertiary/aromatic N) is 1. The van der Waals surface area contributed by atoms with Crippen LogP contribution in [0, 0.1) is 5.92 Å². The van der Waals surface area contributed by atoms with E-state index < -0.39 is 90.3 Å². The zero-order valence-electron chi connectivity index (χ0n) is 34.4. The Hall–Kier alpha value is -4.38. The molecule has 2 aliphatic rings. The van der Waals surface area contributed by atoms with Crippen molar-refractivity contribution in [2.45, 2.75) is 148 Å². The van der Waals surface area contributed by atoms with E-state index in [4.69, 9.17) is 15.2 Å². The maximum absolute atomic E-state index is 14.6. The molecule has 1 aliphatic heterocycles. The van der Waals surface area contributed by atoms with E-state index in [1.54, 1.807) is 27.7 Å². The molecule has 3 rings (SSSR count). The number of esters is 1. The number of amides is 6. The SMILES string of the molecule is CCCCC(NC(=O)CNC(=O)C(=O)C(CCC)NC(=O)C1C[C@@H](OCC(=O)OC(C)(C)C)CN1C(=O)C(NC(=O)Cc1ccc(Br)cc1)C1CCCCC1)C(N)=O. The highest BCUT2D eigenvalue weighted by Gasteiger charge is 2.45. The summed E-state index contributed by atoms with van der Waals surface area (Å²) in [6, 6.07) is 2.90. The smallest absolute Gasteiger partial charge is 0.332 e. The molecule has 5 atom stereocenters. The van der Waals surface area contributed by atoms with Crippen LogP contribution in [0.3, 0.4) is 0 Å². The van der Waals surface area contributed by atoms with Gasteiger partial charge in [-0.3, -0.25) is 33.6 Å². The van der Waals surface area contributed by atoms with Crippen LogP contribution < -0.4 is 27.0 Å². The molecule has 1 saturated heterocycles. The third kappa shape index (κ3) is 15.8. The molecule has 2 fully saturated rings. The molecule has 0 bridgehead atoms. The molecule has 0 spiro atoms. The topological polar surface area (TPSA) is 232 Å². The number of halogens is 1. The number of Topliss-reactive ketones (excluding diaryl/α,β-unsaturated/α-hetero) is 1. The maximum Gasteiger partial charge on any atom is 0.332 e. The van der Waals surface area contributed by atoms with Gasteiger partial charge in [0.25, 0.3) is 5.91 Å². The van der Waals surface area contributed by atoms with Crippen LogP contribution in [0.4, 0.5) is 0 Å². The van der Waals surface area contributed by atoms with Gasteiger partial charge >= 0.3 is 5.97 Å². The highest BCUT2D eigenvalue weighted by molar-refractivity contribution is 9.10. The second kappa shape index (κ2) is 23.3. The van der Waals surface area contributed by atoms with Crippen LogP contribution in [0.1, 0.15) is 111 Å². The van der Waals surface area contributed by atoms with Crippen LogP contribution in [0.25, 0.3) is 0 Å². The van der Waals surface area contributed by atoms with E-state index in [1.165, 1.54) is 4.90 Å². The minimum absolute atomic E-state index is 0.0322. The highest BCUT2D eigenvalue weighted by Crippen LogP contribution is 2.30. The van der Waals surface area contributed by atoms with E-state index in [0.29, 0.717) is 32.1 Å². The number of carbonyl (C=O) groups excluding carboxylic acids is 8. The maximum atomic E-state index is 14.6. The second-order valence-corrected chi connectivity index (χ2v) is 17.0. The number of benzene rings is 1. The predicted molar refractivity (Wildman–Crippen MR) is 218 cm³/mol. The lowest BCUT2D eigenvalue weighted by Gasteiger charge is -2.35. The van der Waals surface area contributed by atoms with Crippen molar-refractivity contribution >= 4 is 63.1 Å². The van der Waals surface area contributed by atoms with Gasteiger partial charge in [0.05, 0.1) is 25.1 Å². The summed E-state index contributed by atoms with van der Waals surface area (Å²) < 4.78 is 12.1. The molecular weight excluding hydrogens is 816 g/mol. The summed E-state index contributed by atoms with van der Waals surface area (Å²) in [5.74, 6) is -5.96. The zero-order valence-corrected chi connectivity index (χ0v) is 36.0. The number of nitrogens with one attached hydrogen (secondary N) is 4. The molecule has 17 heteroatoms. The van der Waals surface area contributed by atoms with Gasteiger partial charge in [-0.25, -0.2) is 4.79 Å². The number of rotatable bonds is 21. The number of primary amides is 1. The fourth-order valence-electron chi connectivity index (χ4n) is 7.18. The average molecular weight is 878 g/mol. The van der Waals surface area contributed by atoms with Crippen molar-refractivity contribution < 1.29 is 47.8 Å². The van der Waals surface area contributed by atoms with Crippen LogP contribution in [0.15, 0.2) is 28.7 Å². The van der Waals surface area contributed by atoms with Crippen LogP contribution in [-0.2, 0) is 54.3 Å². The number of unbranched alkanes of at least 4 members (excludes halogenated alkanes) is 1. The third-order valence-corrected chi connectivity index (χ3v) is 10.6. The molecule has 1 aromatic carbocycles. The summed E-state index contributed by atoms with van der Waals surface area (Å²) in [5.41, 5.74) is 5.38. The standard InChI is InChI=1S/C41H61BrN6O10/c1-6-8-15-30(37(43)53)45-33(50)22-44-39(55)36(52)29(12-7-2)46-38(54)31-21-28(57-24-34(51)58-41(3,4)5)23-48(31)40(56)35(26-13-10-9-11-14-26)47-32(49)20-25-16-18-27(42)19-17-25/h16-19,26,28-31,35H,6-15,20-24H2,1-5H3,(H2,43,53)(H,44,55)(H,45,50)(H,46,54)(H,47,49)/t28-,29?,30?,31?,35?/m1/s1. The number of ketones is 1. The molecule has 58 heavy (non-hydrogen) atoms. The Bertz CT molecular complexity index is 1610. The molecule has 1 saturated carbocycles. The van der Waals surface area contributed by atoms with Crippen molar-refractivity contribution in [1.29, 1.82) is 0 Å². The van der Waals surface area contributed by atoms with Crippen molar-refractivity contribution in [3.8, 4) is 0 Å².